The maximum absolute atomic E-state index is 12.0. The molecule has 1 aromatic rings. The maximum atomic E-state index is 12.0. The molecule has 0 atom stereocenters. The van der Waals surface area contributed by atoms with E-state index in [1.165, 1.54) is 6.42 Å². The number of nitrogens with one attached hydrogen (secondary N) is 1. The van der Waals surface area contributed by atoms with Gasteiger partial charge in [-0.15, -0.1) is 0 Å². The predicted octanol–water partition coefficient (Wildman–Crippen LogP) is 2.71. The van der Waals surface area contributed by atoms with Crippen LogP contribution in [0.2, 0.25) is 0 Å². The molecule has 0 bridgehead atoms. The topological polar surface area (TPSA) is 59.1 Å². The second kappa shape index (κ2) is 5.69. The van der Waals surface area contributed by atoms with E-state index in [1.54, 1.807) is 12.3 Å². The Hall–Kier alpha value is -1.10. The van der Waals surface area contributed by atoms with Gasteiger partial charge >= 0.3 is 0 Å². The van der Waals surface area contributed by atoms with E-state index in [0.717, 1.165) is 31.2 Å². The maximum Gasteiger partial charge on any atom is 0.234 e. The number of pyridine rings is 1. The molecule has 1 aliphatic rings. The summed E-state index contributed by atoms with van der Waals surface area (Å²) in [6.07, 6.45) is 7.28. The predicted molar refractivity (Wildman–Crippen MR) is 73.0 cm³/mol. The van der Waals surface area contributed by atoms with Gasteiger partial charge in [0.25, 0.3) is 0 Å². The van der Waals surface area contributed by atoms with Gasteiger partial charge in [0.1, 0.15) is 5.82 Å². The highest BCUT2D eigenvalue weighted by Gasteiger charge is 2.21. The smallest absolute Gasteiger partial charge is 0.234 e. The molecule has 0 aliphatic heterocycles. The fourth-order valence-corrected chi connectivity index (χ4v) is 3.87. The van der Waals surface area contributed by atoms with Crippen LogP contribution in [0.15, 0.2) is 18.3 Å². The largest absolute Gasteiger partial charge is 0.267 e. The summed E-state index contributed by atoms with van der Waals surface area (Å²) in [5.41, 5.74) is 1.02. The summed E-state index contributed by atoms with van der Waals surface area (Å²) in [4.78, 5) is 4.07. The second-order valence-corrected chi connectivity index (χ2v) is 6.88. The normalized spacial score (nSPS) is 17.6. The average molecular weight is 268 g/mol. The van der Waals surface area contributed by atoms with Crippen molar-refractivity contribution in [2.45, 2.75) is 39.0 Å². The molecule has 0 spiro atoms. The lowest BCUT2D eigenvalue weighted by atomic mass is 9.91. The first-order chi connectivity index (χ1) is 8.55. The standard InChI is InChI=1S/C13H20N2O2S/c1-11-7-8-13(14-9-11)15-18(16,17)10-12-5-3-2-4-6-12/h7-9,12H,2-6,10H2,1H3,(H,14,15). The number of rotatable bonds is 4. The van der Waals surface area contributed by atoms with Gasteiger partial charge in [-0.05, 0) is 37.3 Å². The van der Waals surface area contributed by atoms with Crippen molar-refractivity contribution in [3.8, 4) is 0 Å². The number of nitrogens with zero attached hydrogens (tertiary/aromatic N) is 1. The van der Waals surface area contributed by atoms with Crippen LogP contribution in [0.4, 0.5) is 5.82 Å². The Balaban J connectivity index is 1.96. The molecule has 5 heteroatoms. The number of sulfonamides is 1. The van der Waals surface area contributed by atoms with Gasteiger partial charge in [-0.25, -0.2) is 13.4 Å². The highest BCUT2D eigenvalue weighted by Crippen LogP contribution is 2.25. The van der Waals surface area contributed by atoms with E-state index in [-0.39, 0.29) is 5.75 Å². The van der Waals surface area contributed by atoms with Crippen LogP contribution >= 0.6 is 0 Å². The molecule has 0 aromatic carbocycles. The van der Waals surface area contributed by atoms with Crippen LogP contribution < -0.4 is 4.72 Å². The van der Waals surface area contributed by atoms with E-state index in [1.807, 2.05) is 13.0 Å². The molecule has 4 nitrogen and oxygen atoms in total. The van der Waals surface area contributed by atoms with E-state index >= 15 is 0 Å². The zero-order valence-corrected chi connectivity index (χ0v) is 11.5. The molecule has 0 amide bonds. The van der Waals surface area contributed by atoms with Gasteiger partial charge in [0, 0.05) is 6.20 Å². The molecule has 0 radical (unpaired) electrons. The Bertz CT molecular complexity index is 476. The Morgan fingerprint density at radius 1 is 1.28 bits per heavy atom. The van der Waals surface area contributed by atoms with Crippen LogP contribution in [0, 0.1) is 12.8 Å². The molecule has 0 unspecified atom stereocenters. The highest BCUT2D eigenvalue weighted by molar-refractivity contribution is 7.92. The summed E-state index contributed by atoms with van der Waals surface area (Å²) < 4.78 is 26.6. The first-order valence-corrected chi connectivity index (χ1v) is 8.13. The lowest BCUT2D eigenvalue weighted by molar-refractivity contribution is 0.385. The van der Waals surface area contributed by atoms with Gasteiger partial charge in [-0.1, -0.05) is 25.3 Å². The highest BCUT2D eigenvalue weighted by atomic mass is 32.2. The summed E-state index contributed by atoms with van der Waals surface area (Å²) >= 11 is 0. The van der Waals surface area contributed by atoms with Crippen molar-refractivity contribution in [3.05, 3.63) is 23.9 Å². The van der Waals surface area contributed by atoms with E-state index in [9.17, 15) is 8.42 Å². The quantitative estimate of drug-likeness (QED) is 0.913. The van der Waals surface area contributed by atoms with Crippen molar-refractivity contribution in [2.24, 2.45) is 5.92 Å². The summed E-state index contributed by atoms with van der Waals surface area (Å²) in [6, 6.07) is 3.55. The lowest BCUT2D eigenvalue weighted by Crippen LogP contribution is -2.24. The average Bonchev–Trinajstić information content (AvgIpc) is 2.32. The third-order valence-electron chi connectivity index (χ3n) is 3.35. The third kappa shape index (κ3) is 3.98. The van der Waals surface area contributed by atoms with Gasteiger partial charge in [0.15, 0.2) is 0 Å². The van der Waals surface area contributed by atoms with Gasteiger partial charge in [-0.2, -0.15) is 0 Å². The molecule has 1 fully saturated rings. The molecule has 1 aliphatic carbocycles. The number of aromatic nitrogens is 1. The number of hydrogen-bond donors (Lipinski definition) is 1. The summed E-state index contributed by atoms with van der Waals surface area (Å²) in [6.45, 7) is 1.92. The molecular formula is C13H20N2O2S. The molecule has 1 aromatic heterocycles. The Morgan fingerprint density at radius 3 is 2.61 bits per heavy atom. The van der Waals surface area contributed by atoms with Gasteiger partial charge in [0.05, 0.1) is 5.75 Å². The van der Waals surface area contributed by atoms with Crippen molar-refractivity contribution in [3.63, 3.8) is 0 Å². The molecule has 1 N–H and O–H groups in total. The zero-order valence-electron chi connectivity index (χ0n) is 10.7. The molecule has 0 saturated heterocycles. The number of aryl methyl sites for hydroxylation is 1. The van der Waals surface area contributed by atoms with Gasteiger partial charge < -0.3 is 0 Å². The van der Waals surface area contributed by atoms with Crippen molar-refractivity contribution < 1.29 is 8.42 Å². The van der Waals surface area contributed by atoms with Gasteiger partial charge in [0.2, 0.25) is 10.0 Å². The Labute approximate surface area is 109 Å². The molecule has 1 saturated carbocycles. The molecular weight excluding hydrogens is 248 g/mol. The summed E-state index contributed by atoms with van der Waals surface area (Å²) in [5.74, 6) is 0.945. The Morgan fingerprint density at radius 2 is 2.00 bits per heavy atom. The number of hydrogen-bond acceptors (Lipinski definition) is 3. The fraction of sp³-hybridized carbons (Fsp3) is 0.615. The van der Waals surface area contributed by atoms with Crippen molar-refractivity contribution in [1.29, 1.82) is 0 Å². The minimum absolute atomic E-state index is 0.225. The summed E-state index contributed by atoms with van der Waals surface area (Å²) in [7, 11) is -3.26. The van der Waals surface area contributed by atoms with E-state index in [4.69, 9.17) is 0 Å². The number of anilines is 1. The fourth-order valence-electron chi connectivity index (χ4n) is 2.39. The van der Waals surface area contributed by atoms with Crippen LogP contribution in [0.3, 0.4) is 0 Å². The van der Waals surface area contributed by atoms with Crippen molar-refractivity contribution >= 4 is 15.8 Å². The molecule has 100 valence electrons. The van der Waals surface area contributed by atoms with E-state index in [0.29, 0.717) is 11.7 Å². The minimum Gasteiger partial charge on any atom is -0.267 e. The second-order valence-electron chi connectivity index (χ2n) is 5.11. The van der Waals surface area contributed by atoms with Gasteiger partial charge in [-0.3, -0.25) is 4.72 Å². The molecule has 18 heavy (non-hydrogen) atoms. The van der Waals surface area contributed by atoms with E-state index < -0.39 is 10.0 Å². The van der Waals surface area contributed by atoms with E-state index in [2.05, 4.69) is 9.71 Å². The minimum atomic E-state index is -3.26. The van der Waals surface area contributed by atoms with Crippen LogP contribution in [-0.4, -0.2) is 19.2 Å². The molecule has 1 heterocycles. The Kier molecular flexibility index (Phi) is 4.22. The summed E-state index contributed by atoms with van der Waals surface area (Å²) in [5, 5.41) is 0. The third-order valence-corrected chi connectivity index (χ3v) is 4.78. The van der Waals surface area contributed by atoms with Crippen LogP contribution in [0.5, 0.6) is 0 Å². The van der Waals surface area contributed by atoms with Crippen LogP contribution in [0.25, 0.3) is 0 Å². The van der Waals surface area contributed by atoms with Crippen molar-refractivity contribution in [2.75, 3.05) is 10.5 Å². The molecule has 2 rings (SSSR count). The van der Waals surface area contributed by atoms with Crippen LogP contribution in [0.1, 0.15) is 37.7 Å². The first-order valence-electron chi connectivity index (χ1n) is 6.48. The SMILES string of the molecule is Cc1ccc(NS(=O)(=O)CC2CCCCC2)nc1. The lowest BCUT2D eigenvalue weighted by Gasteiger charge is -2.21. The zero-order chi connectivity index (χ0) is 13.0. The van der Waals surface area contributed by atoms with Crippen molar-refractivity contribution in [1.82, 2.24) is 4.98 Å². The van der Waals surface area contributed by atoms with Crippen LogP contribution in [-0.2, 0) is 10.0 Å². The first kappa shape index (κ1) is 13.3. The monoisotopic (exact) mass is 268 g/mol.